The number of nitrogens with zero attached hydrogens (tertiary/aromatic N) is 2. The van der Waals surface area contributed by atoms with E-state index in [0.717, 1.165) is 11.1 Å². The predicted molar refractivity (Wildman–Crippen MR) is 75.0 cm³/mol. The van der Waals surface area contributed by atoms with Gasteiger partial charge in [0.05, 0.1) is 23.4 Å². The molecule has 2 aromatic rings. The summed E-state index contributed by atoms with van der Waals surface area (Å²) in [7, 11) is -3.41. The molecule has 20 heavy (non-hydrogen) atoms. The normalized spacial score (nSPS) is 11.8. The number of aromatic nitrogens is 2. The zero-order valence-corrected chi connectivity index (χ0v) is 12.3. The second kappa shape index (κ2) is 5.75. The van der Waals surface area contributed by atoms with Crippen LogP contribution in [0.15, 0.2) is 35.5 Å². The van der Waals surface area contributed by atoms with Crippen molar-refractivity contribution in [1.82, 2.24) is 9.78 Å². The van der Waals surface area contributed by atoms with Crippen molar-refractivity contribution in [1.29, 1.82) is 0 Å². The smallest absolute Gasteiger partial charge is 0.182 e. The molecule has 0 aliphatic carbocycles. The Morgan fingerprint density at radius 3 is 2.70 bits per heavy atom. The molecule has 2 rings (SSSR count). The lowest BCUT2D eigenvalue weighted by molar-refractivity contribution is 0.427. The van der Waals surface area contributed by atoms with Gasteiger partial charge in [0.2, 0.25) is 0 Å². The third-order valence-corrected chi connectivity index (χ3v) is 4.86. The zero-order valence-electron chi connectivity index (χ0n) is 11.5. The Hall–Kier alpha value is -1.69. The maximum Gasteiger partial charge on any atom is 0.182 e. The molecule has 0 N–H and O–H groups in total. The molecule has 0 unspecified atom stereocenters. The van der Waals surface area contributed by atoms with E-state index in [2.05, 4.69) is 5.10 Å². The molecule has 0 spiro atoms. The van der Waals surface area contributed by atoms with Crippen molar-refractivity contribution < 1.29 is 12.8 Å². The van der Waals surface area contributed by atoms with Gasteiger partial charge in [-0.1, -0.05) is 17.7 Å². The van der Waals surface area contributed by atoms with Crippen LogP contribution in [0.3, 0.4) is 0 Å². The molecular formula is C14H17FN2O2S. The van der Waals surface area contributed by atoms with Crippen LogP contribution in [0.25, 0.3) is 0 Å². The number of aryl methyl sites for hydroxylation is 3. The highest BCUT2D eigenvalue weighted by Gasteiger charge is 2.18. The van der Waals surface area contributed by atoms with E-state index >= 15 is 0 Å². The van der Waals surface area contributed by atoms with Gasteiger partial charge in [-0.3, -0.25) is 4.68 Å². The molecule has 6 heteroatoms. The Balaban J connectivity index is 2.26. The van der Waals surface area contributed by atoms with E-state index in [1.807, 2.05) is 13.0 Å². The van der Waals surface area contributed by atoms with Crippen molar-refractivity contribution in [3.05, 3.63) is 47.3 Å². The summed E-state index contributed by atoms with van der Waals surface area (Å²) in [5, 5.41) is 3.93. The van der Waals surface area contributed by atoms with E-state index in [1.165, 1.54) is 10.9 Å². The van der Waals surface area contributed by atoms with Crippen molar-refractivity contribution in [3.8, 4) is 0 Å². The Bertz CT molecular complexity index is 708. The SMILES string of the molecule is Cc1ccc(S(=O)(=O)Cc2cnn(CCF)c2)c(C)c1. The molecule has 0 atom stereocenters. The zero-order chi connectivity index (χ0) is 14.8. The second-order valence-electron chi connectivity index (χ2n) is 4.83. The van der Waals surface area contributed by atoms with Crippen molar-refractivity contribution in [2.45, 2.75) is 31.0 Å². The van der Waals surface area contributed by atoms with Crippen LogP contribution >= 0.6 is 0 Å². The first-order chi connectivity index (χ1) is 9.42. The van der Waals surface area contributed by atoms with E-state index < -0.39 is 16.5 Å². The first-order valence-electron chi connectivity index (χ1n) is 6.29. The number of benzene rings is 1. The van der Waals surface area contributed by atoms with Gasteiger partial charge in [-0.25, -0.2) is 12.8 Å². The summed E-state index contributed by atoms with van der Waals surface area (Å²) in [6, 6.07) is 5.26. The van der Waals surface area contributed by atoms with Crippen LogP contribution in [0.2, 0.25) is 0 Å². The summed E-state index contributed by atoms with van der Waals surface area (Å²) in [6.07, 6.45) is 3.04. The third kappa shape index (κ3) is 3.25. The summed E-state index contributed by atoms with van der Waals surface area (Å²) >= 11 is 0. The van der Waals surface area contributed by atoms with Crippen LogP contribution in [0.5, 0.6) is 0 Å². The predicted octanol–water partition coefficient (Wildman–Crippen LogP) is 2.44. The molecule has 0 bridgehead atoms. The molecule has 1 aromatic heterocycles. The molecule has 0 saturated heterocycles. The average Bonchev–Trinajstić information content (AvgIpc) is 2.75. The second-order valence-corrected chi connectivity index (χ2v) is 6.79. The molecule has 0 saturated carbocycles. The molecule has 1 aromatic carbocycles. The van der Waals surface area contributed by atoms with Crippen molar-refractivity contribution in [2.24, 2.45) is 0 Å². The van der Waals surface area contributed by atoms with Crippen LogP contribution in [-0.4, -0.2) is 24.9 Å². The standard InChI is InChI=1S/C14H17FN2O2S/c1-11-3-4-14(12(2)7-11)20(18,19)10-13-8-16-17(9-13)6-5-15/h3-4,7-9H,5-6,10H2,1-2H3. The summed E-state index contributed by atoms with van der Waals surface area (Å²) in [4.78, 5) is 0.335. The largest absolute Gasteiger partial charge is 0.270 e. The van der Waals surface area contributed by atoms with Gasteiger partial charge in [-0.05, 0) is 25.5 Å². The fourth-order valence-electron chi connectivity index (χ4n) is 2.14. The minimum absolute atomic E-state index is 0.122. The number of sulfone groups is 1. The minimum Gasteiger partial charge on any atom is -0.270 e. The van der Waals surface area contributed by atoms with Gasteiger partial charge < -0.3 is 0 Å². The van der Waals surface area contributed by atoms with Gasteiger partial charge in [0, 0.05) is 11.8 Å². The maximum atomic E-state index is 12.4. The van der Waals surface area contributed by atoms with Crippen LogP contribution in [0.1, 0.15) is 16.7 Å². The van der Waals surface area contributed by atoms with Crippen LogP contribution in [0, 0.1) is 13.8 Å². The number of hydrogen-bond donors (Lipinski definition) is 0. The molecular weight excluding hydrogens is 279 g/mol. The maximum absolute atomic E-state index is 12.4. The van der Waals surface area contributed by atoms with E-state index in [0.29, 0.717) is 10.5 Å². The molecule has 0 aliphatic heterocycles. The Morgan fingerprint density at radius 1 is 1.30 bits per heavy atom. The molecule has 4 nitrogen and oxygen atoms in total. The average molecular weight is 296 g/mol. The first kappa shape index (κ1) is 14.7. The molecule has 0 radical (unpaired) electrons. The lowest BCUT2D eigenvalue weighted by Gasteiger charge is -2.07. The van der Waals surface area contributed by atoms with Gasteiger partial charge in [-0.2, -0.15) is 5.10 Å². The number of halogens is 1. The minimum atomic E-state index is -3.41. The van der Waals surface area contributed by atoms with Crippen LogP contribution < -0.4 is 0 Å². The fraction of sp³-hybridized carbons (Fsp3) is 0.357. The van der Waals surface area contributed by atoms with Crippen LogP contribution in [-0.2, 0) is 22.1 Å². The lowest BCUT2D eigenvalue weighted by atomic mass is 10.2. The number of hydrogen-bond acceptors (Lipinski definition) is 3. The van der Waals surface area contributed by atoms with E-state index in [-0.39, 0.29) is 12.3 Å². The van der Waals surface area contributed by atoms with E-state index in [9.17, 15) is 12.8 Å². The van der Waals surface area contributed by atoms with Crippen molar-refractivity contribution in [2.75, 3.05) is 6.67 Å². The van der Waals surface area contributed by atoms with Gasteiger partial charge >= 0.3 is 0 Å². The van der Waals surface area contributed by atoms with Gasteiger partial charge in [-0.15, -0.1) is 0 Å². The quantitative estimate of drug-likeness (QED) is 0.851. The fourth-order valence-corrected chi connectivity index (χ4v) is 3.70. The van der Waals surface area contributed by atoms with Crippen LogP contribution in [0.4, 0.5) is 4.39 Å². The van der Waals surface area contributed by atoms with Gasteiger partial charge in [0.1, 0.15) is 6.67 Å². The topological polar surface area (TPSA) is 52.0 Å². The molecule has 0 fully saturated rings. The highest BCUT2D eigenvalue weighted by molar-refractivity contribution is 7.90. The monoisotopic (exact) mass is 296 g/mol. The Morgan fingerprint density at radius 2 is 2.05 bits per heavy atom. The highest BCUT2D eigenvalue weighted by atomic mass is 32.2. The summed E-state index contributed by atoms with van der Waals surface area (Å²) in [6.45, 7) is 3.32. The van der Waals surface area contributed by atoms with Gasteiger partial charge in [0.15, 0.2) is 9.84 Å². The Kier molecular flexibility index (Phi) is 4.23. The summed E-state index contributed by atoms with van der Waals surface area (Å²) < 4.78 is 38.4. The highest BCUT2D eigenvalue weighted by Crippen LogP contribution is 2.21. The van der Waals surface area contributed by atoms with E-state index in [4.69, 9.17) is 0 Å². The van der Waals surface area contributed by atoms with E-state index in [1.54, 1.807) is 25.3 Å². The molecule has 108 valence electrons. The first-order valence-corrected chi connectivity index (χ1v) is 7.95. The molecule has 0 amide bonds. The number of rotatable bonds is 5. The summed E-state index contributed by atoms with van der Waals surface area (Å²) in [5.41, 5.74) is 2.33. The molecule has 1 heterocycles. The van der Waals surface area contributed by atoms with Gasteiger partial charge in [0.25, 0.3) is 0 Å². The van der Waals surface area contributed by atoms with Crippen molar-refractivity contribution in [3.63, 3.8) is 0 Å². The number of alkyl halides is 1. The molecule has 0 aliphatic rings. The third-order valence-electron chi connectivity index (χ3n) is 3.02. The summed E-state index contributed by atoms with van der Waals surface area (Å²) in [5.74, 6) is -0.122. The lowest BCUT2D eigenvalue weighted by Crippen LogP contribution is -2.06. The van der Waals surface area contributed by atoms with Crippen molar-refractivity contribution >= 4 is 9.84 Å². The Labute approximate surface area is 118 Å².